The molecule has 0 fully saturated rings. The molecule has 0 amide bonds. The van der Waals surface area contributed by atoms with Gasteiger partial charge in [0.15, 0.2) is 0 Å². The van der Waals surface area contributed by atoms with Crippen LogP contribution in [-0.2, 0) is 35.2 Å². The van der Waals surface area contributed by atoms with Crippen LogP contribution >= 0.6 is 0 Å². The minimum absolute atomic E-state index is 0.162. The van der Waals surface area contributed by atoms with E-state index in [4.69, 9.17) is 14.2 Å². The second kappa shape index (κ2) is 14.1. The molecule has 1 aromatic carbocycles. The zero-order chi connectivity index (χ0) is 25.8. The zero-order valence-electron chi connectivity index (χ0n) is 22.1. The van der Waals surface area contributed by atoms with Gasteiger partial charge in [-0.15, -0.1) is 0 Å². The molecular weight excluding hydrogens is 432 g/mol. The van der Waals surface area contributed by atoms with Gasteiger partial charge in [0.05, 0.1) is 11.8 Å². The van der Waals surface area contributed by atoms with Gasteiger partial charge in [0.1, 0.15) is 17.8 Å². The Balaban J connectivity index is 2.55. The summed E-state index contributed by atoms with van der Waals surface area (Å²) >= 11 is 0. The summed E-state index contributed by atoms with van der Waals surface area (Å²) in [4.78, 5) is 37.3. The molecule has 0 N–H and O–H groups in total. The number of carbonyl (C=O) groups is 3. The molecule has 0 saturated carbocycles. The Labute approximate surface area is 205 Å². The first kappa shape index (κ1) is 29.7. The molecular formula is C28H44O6. The lowest BCUT2D eigenvalue weighted by Gasteiger charge is -2.25. The van der Waals surface area contributed by atoms with E-state index in [-0.39, 0.29) is 42.8 Å². The van der Waals surface area contributed by atoms with Gasteiger partial charge in [-0.05, 0) is 72.8 Å². The number of rotatable bonds is 13. The molecule has 192 valence electrons. The van der Waals surface area contributed by atoms with Crippen LogP contribution in [0.3, 0.4) is 0 Å². The van der Waals surface area contributed by atoms with E-state index in [2.05, 4.69) is 0 Å². The van der Waals surface area contributed by atoms with Gasteiger partial charge in [0, 0.05) is 6.42 Å². The average molecular weight is 477 g/mol. The zero-order valence-corrected chi connectivity index (χ0v) is 22.1. The Morgan fingerprint density at radius 1 is 0.765 bits per heavy atom. The summed E-state index contributed by atoms with van der Waals surface area (Å²) in [6.07, 6.45) is 4.14. The Morgan fingerprint density at radius 3 is 1.85 bits per heavy atom. The third kappa shape index (κ3) is 13.4. The minimum atomic E-state index is -0.586. The highest BCUT2D eigenvalue weighted by atomic mass is 16.6. The quantitative estimate of drug-likeness (QED) is 0.186. The number of esters is 3. The fourth-order valence-corrected chi connectivity index (χ4v) is 3.57. The van der Waals surface area contributed by atoms with Gasteiger partial charge >= 0.3 is 17.9 Å². The Hall–Kier alpha value is -2.37. The van der Waals surface area contributed by atoms with Gasteiger partial charge in [0.25, 0.3) is 0 Å². The molecule has 6 nitrogen and oxygen atoms in total. The third-order valence-electron chi connectivity index (χ3n) is 5.26. The molecule has 0 bridgehead atoms. The number of benzene rings is 1. The maximum atomic E-state index is 12.7. The molecule has 6 heteroatoms. The van der Waals surface area contributed by atoms with Crippen LogP contribution in [0.2, 0.25) is 0 Å². The maximum Gasteiger partial charge on any atom is 0.309 e. The lowest BCUT2D eigenvalue weighted by molar-refractivity contribution is -0.161. The molecule has 2 atom stereocenters. The smallest absolute Gasteiger partial charge is 0.309 e. The van der Waals surface area contributed by atoms with Crippen LogP contribution in [0.5, 0.6) is 0 Å². The summed E-state index contributed by atoms with van der Waals surface area (Å²) in [6, 6.07) is 9.64. The van der Waals surface area contributed by atoms with Gasteiger partial charge in [0.2, 0.25) is 0 Å². The third-order valence-corrected chi connectivity index (χ3v) is 5.26. The molecule has 0 aliphatic heterocycles. The van der Waals surface area contributed by atoms with Crippen molar-refractivity contribution in [3.63, 3.8) is 0 Å². The molecule has 0 spiro atoms. The van der Waals surface area contributed by atoms with Crippen molar-refractivity contribution in [3.05, 3.63) is 35.9 Å². The van der Waals surface area contributed by atoms with Crippen LogP contribution < -0.4 is 0 Å². The fourth-order valence-electron chi connectivity index (χ4n) is 3.57. The summed E-state index contributed by atoms with van der Waals surface area (Å²) in [5, 5.41) is 0. The van der Waals surface area contributed by atoms with Crippen LogP contribution in [0, 0.1) is 11.8 Å². The Morgan fingerprint density at radius 2 is 1.32 bits per heavy atom. The first-order chi connectivity index (χ1) is 15.8. The monoisotopic (exact) mass is 476 g/mol. The van der Waals surface area contributed by atoms with Gasteiger partial charge in [-0.1, -0.05) is 50.1 Å². The predicted molar refractivity (Wildman–Crippen MR) is 133 cm³/mol. The van der Waals surface area contributed by atoms with E-state index < -0.39 is 11.2 Å². The van der Waals surface area contributed by atoms with E-state index >= 15 is 0 Å². The molecule has 1 rings (SSSR count). The topological polar surface area (TPSA) is 78.9 Å². The first-order valence-corrected chi connectivity index (χ1v) is 12.5. The first-order valence-electron chi connectivity index (χ1n) is 12.5. The van der Waals surface area contributed by atoms with E-state index in [0.29, 0.717) is 25.7 Å². The van der Waals surface area contributed by atoms with Gasteiger partial charge in [-0.2, -0.15) is 0 Å². The van der Waals surface area contributed by atoms with Crippen molar-refractivity contribution in [2.24, 2.45) is 11.8 Å². The normalized spacial score (nSPS) is 13.6. The van der Waals surface area contributed by atoms with E-state index in [1.165, 1.54) is 0 Å². The highest BCUT2D eigenvalue weighted by molar-refractivity contribution is 5.75. The van der Waals surface area contributed by atoms with Crippen molar-refractivity contribution in [1.82, 2.24) is 0 Å². The predicted octanol–water partition coefficient (Wildman–Crippen LogP) is 6.40. The number of hydrogen-bond donors (Lipinski definition) is 0. The lowest BCUT2D eigenvalue weighted by atomic mass is 9.93. The van der Waals surface area contributed by atoms with Crippen molar-refractivity contribution >= 4 is 17.9 Å². The number of carbonyl (C=O) groups excluding carboxylic acids is 3. The van der Waals surface area contributed by atoms with Crippen LogP contribution in [0.4, 0.5) is 0 Å². The van der Waals surface area contributed by atoms with Crippen LogP contribution in [0.25, 0.3) is 0 Å². The number of unbranched alkanes of at least 4 members (excludes halogenated alkanes) is 1. The van der Waals surface area contributed by atoms with Crippen LogP contribution in [0.15, 0.2) is 30.3 Å². The van der Waals surface area contributed by atoms with E-state index in [0.717, 1.165) is 18.4 Å². The van der Waals surface area contributed by atoms with Gasteiger partial charge < -0.3 is 14.2 Å². The van der Waals surface area contributed by atoms with Crippen molar-refractivity contribution in [1.29, 1.82) is 0 Å². The van der Waals surface area contributed by atoms with Crippen LogP contribution in [-0.4, -0.2) is 29.1 Å². The molecule has 0 aliphatic rings. The second-order valence-corrected chi connectivity index (χ2v) is 10.8. The number of ether oxygens (including phenoxy) is 3. The molecule has 1 aromatic rings. The summed E-state index contributed by atoms with van der Waals surface area (Å²) < 4.78 is 16.5. The molecule has 0 radical (unpaired) electrons. The Kier molecular flexibility index (Phi) is 12.3. The maximum absolute atomic E-state index is 12.7. The second-order valence-electron chi connectivity index (χ2n) is 10.8. The van der Waals surface area contributed by atoms with Crippen molar-refractivity contribution < 1.29 is 28.6 Å². The average Bonchev–Trinajstić information content (AvgIpc) is 2.72. The lowest BCUT2D eigenvalue weighted by Crippen LogP contribution is -2.30. The summed E-state index contributed by atoms with van der Waals surface area (Å²) in [5.41, 5.74) is -0.171. The summed E-state index contributed by atoms with van der Waals surface area (Å²) in [5.74, 6) is -1.32. The molecule has 0 aliphatic carbocycles. The standard InChI is InChI=1S/C28H44O6/c1-8-22(25(30)32-20-21-14-10-9-11-15-21)16-12-13-17-23(26(31)34-28(5,6)7)18-19-24(29)33-27(2,3)4/h9-11,14-15,22-23H,8,12-13,16-20H2,1-7H3. The molecule has 2 unspecified atom stereocenters. The van der Waals surface area contributed by atoms with E-state index in [1.807, 2.05) is 78.8 Å². The molecule has 0 aromatic heterocycles. The minimum Gasteiger partial charge on any atom is -0.461 e. The van der Waals surface area contributed by atoms with Crippen molar-refractivity contribution in [2.75, 3.05) is 0 Å². The van der Waals surface area contributed by atoms with Gasteiger partial charge in [-0.25, -0.2) is 0 Å². The van der Waals surface area contributed by atoms with Crippen molar-refractivity contribution in [2.45, 2.75) is 111 Å². The van der Waals surface area contributed by atoms with E-state index in [9.17, 15) is 14.4 Å². The SMILES string of the molecule is CCC(CCCCC(CCC(=O)OC(C)(C)C)C(=O)OC(C)(C)C)C(=O)OCc1ccccc1. The molecule has 0 heterocycles. The van der Waals surface area contributed by atoms with Gasteiger partial charge in [-0.3, -0.25) is 14.4 Å². The summed E-state index contributed by atoms with van der Waals surface area (Å²) in [6.45, 7) is 13.2. The highest BCUT2D eigenvalue weighted by Gasteiger charge is 2.27. The Bertz CT molecular complexity index is 757. The highest BCUT2D eigenvalue weighted by Crippen LogP contribution is 2.24. The van der Waals surface area contributed by atoms with Crippen LogP contribution in [0.1, 0.15) is 99.0 Å². The fraction of sp³-hybridized carbons (Fsp3) is 0.679. The summed E-state index contributed by atoms with van der Waals surface area (Å²) in [7, 11) is 0. The number of hydrogen-bond acceptors (Lipinski definition) is 6. The molecule has 34 heavy (non-hydrogen) atoms. The van der Waals surface area contributed by atoms with E-state index in [1.54, 1.807) is 0 Å². The largest absolute Gasteiger partial charge is 0.461 e. The van der Waals surface area contributed by atoms with Crippen molar-refractivity contribution in [3.8, 4) is 0 Å². The molecule has 0 saturated heterocycles.